The van der Waals surface area contributed by atoms with Crippen LogP contribution >= 0.6 is 0 Å². The van der Waals surface area contributed by atoms with E-state index in [2.05, 4.69) is 36.5 Å². The SMILES string of the molecule is C#Cc1cccc(C[C@H](NC(=O)[C@@H](C)OC)[C@@H](O)CN[C@H]2CC3(CCC3)Oc3ncc(CC(C)C)cc32)c1. The van der Waals surface area contributed by atoms with Crippen molar-refractivity contribution in [2.24, 2.45) is 5.92 Å². The monoisotopic (exact) mass is 519 g/mol. The van der Waals surface area contributed by atoms with Crippen LogP contribution in [0.25, 0.3) is 0 Å². The van der Waals surface area contributed by atoms with Gasteiger partial charge in [0.25, 0.3) is 0 Å². The molecule has 1 amide bonds. The van der Waals surface area contributed by atoms with Crippen molar-refractivity contribution < 1.29 is 19.4 Å². The normalized spacial score (nSPS) is 20.0. The Balaban J connectivity index is 1.52. The molecule has 3 N–H and O–H groups in total. The van der Waals surface area contributed by atoms with Crippen LogP contribution < -0.4 is 15.4 Å². The summed E-state index contributed by atoms with van der Waals surface area (Å²) in [6, 6.07) is 9.30. The van der Waals surface area contributed by atoms with Crippen molar-refractivity contribution in [1.29, 1.82) is 0 Å². The molecule has 1 fully saturated rings. The molecule has 1 aromatic heterocycles. The van der Waals surface area contributed by atoms with Crippen LogP contribution in [-0.2, 0) is 22.4 Å². The molecule has 2 aromatic rings. The van der Waals surface area contributed by atoms with E-state index in [-0.39, 0.29) is 17.6 Å². The Morgan fingerprint density at radius 2 is 2.05 bits per heavy atom. The zero-order valence-electron chi connectivity index (χ0n) is 23.0. The molecule has 2 heterocycles. The Bertz CT molecular complexity index is 1150. The van der Waals surface area contributed by atoms with E-state index in [1.807, 2.05) is 30.5 Å². The number of carbonyl (C=O) groups excluding carboxylic acids is 1. The van der Waals surface area contributed by atoms with E-state index in [1.54, 1.807) is 6.92 Å². The number of terminal acetylenes is 1. The highest BCUT2D eigenvalue weighted by molar-refractivity contribution is 5.80. The number of amides is 1. The summed E-state index contributed by atoms with van der Waals surface area (Å²) < 4.78 is 11.6. The highest BCUT2D eigenvalue weighted by atomic mass is 16.5. The Labute approximate surface area is 226 Å². The minimum absolute atomic E-state index is 0.00679. The van der Waals surface area contributed by atoms with Gasteiger partial charge in [0.05, 0.1) is 12.1 Å². The van der Waals surface area contributed by atoms with E-state index in [9.17, 15) is 9.90 Å². The van der Waals surface area contributed by atoms with Gasteiger partial charge in [-0.3, -0.25) is 4.79 Å². The Morgan fingerprint density at radius 3 is 2.71 bits per heavy atom. The van der Waals surface area contributed by atoms with Gasteiger partial charge in [-0.15, -0.1) is 6.42 Å². The number of carbonyl (C=O) groups is 1. The number of aliphatic hydroxyl groups is 1. The van der Waals surface area contributed by atoms with Gasteiger partial charge in [-0.05, 0) is 74.3 Å². The summed E-state index contributed by atoms with van der Waals surface area (Å²) in [7, 11) is 1.49. The molecule has 1 saturated carbocycles. The lowest BCUT2D eigenvalue weighted by molar-refractivity contribution is -0.131. The molecule has 1 aromatic carbocycles. The van der Waals surface area contributed by atoms with Gasteiger partial charge in [0, 0.05) is 43.4 Å². The number of aliphatic hydroxyl groups excluding tert-OH is 1. The molecular formula is C31H41N3O4. The molecule has 7 nitrogen and oxygen atoms in total. The van der Waals surface area contributed by atoms with Gasteiger partial charge in [0.1, 0.15) is 11.7 Å². The highest BCUT2D eigenvalue weighted by Crippen LogP contribution is 2.48. The fourth-order valence-corrected chi connectivity index (χ4v) is 5.36. The fraction of sp³-hybridized carbons (Fsp3) is 0.548. The molecule has 1 aliphatic heterocycles. The third-order valence-corrected chi connectivity index (χ3v) is 7.75. The first-order valence-electron chi connectivity index (χ1n) is 13.7. The maximum atomic E-state index is 12.7. The van der Waals surface area contributed by atoms with Gasteiger partial charge in [-0.2, -0.15) is 0 Å². The predicted octanol–water partition coefficient (Wildman–Crippen LogP) is 3.72. The van der Waals surface area contributed by atoms with Crippen molar-refractivity contribution in [3.05, 3.63) is 58.8 Å². The van der Waals surface area contributed by atoms with Gasteiger partial charge < -0.3 is 25.2 Å². The average molecular weight is 520 g/mol. The number of hydrogen-bond donors (Lipinski definition) is 3. The maximum absolute atomic E-state index is 12.7. The summed E-state index contributed by atoms with van der Waals surface area (Å²) in [5.41, 5.74) is 3.76. The fourth-order valence-electron chi connectivity index (χ4n) is 5.36. The van der Waals surface area contributed by atoms with Crippen LogP contribution in [0.5, 0.6) is 5.88 Å². The summed E-state index contributed by atoms with van der Waals surface area (Å²) in [4.78, 5) is 17.4. The van der Waals surface area contributed by atoms with Crippen molar-refractivity contribution >= 4 is 5.91 Å². The molecular weight excluding hydrogens is 478 g/mol. The van der Waals surface area contributed by atoms with Gasteiger partial charge in [-0.25, -0.2) is 4.98 Å². The second kappa shape index (κ2) is 12.3. The summed E-state index contributed by atoms with van der Waals surface area (Å²) in [6.07, 6.45) is 11.4. The molecule has 204 valence electrons. The first-order valence-corrected chi connectivity index (χ1v) is 13.7. The van der Waals surface area contributed by atoms with Gasteiger partial charge in [0.15, 0.2) is 0 Å². The topological polar surface area (TPSA) is 92.7 Å². The molecule has 1 spiro atoms. The first-order chi connectivity index (χ1) is 18.2. The number of nitrogens with one attached hydrogen (secondary N) is 2. The molecule has 4 rings (SSSR count). The molecule has 38 heavy (non-hydrogen) atoms. The lowest BCUT2D eigenvalue weighted by Crippen LogP contribution is -2.53. The molecule has 4 atom stereocenters. The molecule has 0 radical (unpaired) electrons. The predicted molar refractivity (Wildman–Crippen MR) is 148 cm³/mol. The number of hydrogen-bond acceptors (Lipinski definition) is 6. The Morgan fingerprint density at radius 1 is 1.26 bits per heavy atom. The van der Waals surface area contributed by atoms with Crippen molar-refractivity contribution in [2.75, 3.05) is 13.7 Å². The van der Waals surface area contributed by atoms with E-state index >= 15 is 0 Å². The smallest absolute Gasteiger partial charge is 0.249 e. The van der Waals surface area contributed by atoms with E-state index in [4.69, 9.17) is 20.9 Å². The average Bonchev–Trinajstić information content (AvgIpc) is 2.89. The second-order valence-electron chi connectivity index (χ2n) is 11.2. The third-order valence-electron chi connectivity index (χ3n) is 7.75. The first kappa shape index (κ1) is 28.1. The molecule has 1 aliphatic carbocycles. The van der Waals surface area contributed by atoms with Crippen LogP contribution in [0.1, 0.15) is 74.8 Å². The van der Waals surface area contributed by atoms with Crippen molar-refractivity contribution in [3.63, 3.8) is 0 Å². The summed E-state index contributed by atoms with van der Waals surface area (Å²) in [5.74, 6) is 3.60. The molecule has 7 heteroatoms. The maximum Gasteiger partial charge on any atom is 0.249 e. The molecule has 2 aliphatic rings. The standard InChI is InChI=1S/C31H41N3O4/c1-6-22-9-7-10-23(14-22)16-26(34-29(36)21(4)37-5)28(35)19-32-27-17-31(11-8-12-31)38-30-25(27)15-24(18-33-30)13-20(2)3/h1,7,9-10,14-15,18,20-21,26-28,32,35H,8,11-13,16-17,19H2,2-5H3,(H,34,36)/t21-,26+,27+,28+/m1/s1. The number of nitrogens with zero attached hydrogens (tertiary/aromatic N) is 1. The number of pyridine rings is 1. The minimum atomic E-state index is -0.840. The number of ether oxygens (including phenoxy) is 2. The largest absolute Gasteiger partial charge is 0.471 e. The third kappa shape index (κ3) is 6.74. The Hall–Kier alpha value is -2.92. The summed E-state index contributed by atoms with van der Waals surface area (Å²) in [6.45, 7) is 6.39. The summed E-state index contributed by atoms with van der Waals surface area (Å²) >= 11 is 0. The summed E-state index contributed by atoms with van der Waals surface area (Å²) in [5, 5.41) is 17.9. The van der Waals surface area contributed by atoms with Crippen molar-refractivity contribution in [3.8, 4) is 18.2 Å². The molecule has 0 saturated heterocycles. The number of benzene rings is 1. The quantitative estimate of drug-likeness (QED) is 0.392. The lowest BCUT2D eigenvalue weighted by atomic mass is 9.73. The van der Waals surface area contributed by atoms with Crippen molar-refractivity contribution in [2.45, 2.75) is 89.2 Å². The zero-order valence-corrected chi connectivity index (χ0v) is 23.0. The molecule has 0 bridgehead atoms. The van der Waals surface area contributed by atoms with Crippen LogP contribution in [0.2, 0.25) is 0 Å². The number of aromatic nitrogens is 1. The second-order valence-corrected chi connectivity index (χ2v) is 11.2. The Kier molecular flexibility index (Phi) is 9.09. The van der Waals surface area contributed by atoms with E-state index in [1.165, 1.54) is 12.7 Å². The highest BCUT2D eigenvalue weighted by Gasteiger charge is 2.46. The van der Waals surface area contributed by atoms with Crippen LogP contribution in [0.15, 0.2) is 36.5 Å². The van der Waals surface area contributed by atoms with Gasteiger partial charge in [-0.1, -0.05) is 31.9 Å². The minimum Gasteiger partial charge on any atom is -0.471 e. The van der Waals surface area contributed by atoms with Crippen LogP contribution in [0, 0.1) is 18.3 Å². The van der Waals surface area contributed by atoms with Crippen molar-refractivity contribution in [1.82, 2.24) is 15.6 Å². The number of rotatable bonds is 11. The van der Waals surface area contributed by atoms with Gasteiger partial charge in [0.2, 0.25) is 11.8 Å². The van der Waals surface area contributed by atoms with Crippen LogP contribution in [0.4, 0.5) is 0 Å². The van der Waals surface area contributed by atoms with Crippen LogP contribution in [0.3, 0.4) is 0 Å². The van der Waals surface area contributed by atoms with E-state index < -0.39 is 18.2 Å². The zero-order chi connectivity index (χ0) is 27.3. The van der Waals surface area contributed by atoms with Gasteiger partial charge >= 0.3 is 0 Å². The molecule has 0 unspecified atom stereocenters. The van der Waals surface area contributed by atoms with E-state index in [0.717, 1.165) is 48.8 Å². The van der Waals surface area contributed by atoms with E-state index in [0.29, 0.717) is 24.8 Å². The number of fused-ring (bicyclic) bond motifs is 1. The lowest BCUT2D eigenvalue weighted by Gasteiger charge is -2.47. The van der Waals surface area contributed by atoms with Crippen LogP contribution in [-0.4, -0.2) is 53.5 Å². The number of methoxy groups -OCH3 is 1.